The van der Waals surface area contributed by atoms with Crippen LogP contribution in [0.2, 0.25) is 0 Å². The zero-order valence-electron chi connectivity index (χ0n) is 18.6. The lowest BCUT2D eigenvalue weighted by Gasteiger charge is -2.41. The fourth-order valence-electron chi connectivity index (χ4n) is 4.62. The second kappa shape index (κ2) is 9.86. The topological polar surface area (TPSA) is 90.5 Å². The highest BCUT2D eigenvalue weighted by Gasteiger charge is 2.35. The Morgan fingerprint density at radius 2 is 1.56 bits per heavy atom. The second-order valence-corrected chi connectivity index (χ2v) is 10.5. The molecule has 0 saturated carbocycles. The summed E-state index contributed by atoms with van der Waals surface area (Å²) in [5.74, 6) is 0.0811. The van der Waals surface area contributed by atoms with E-state index in [1.807, 2.05) is 11.8 Å². The van der Waals surface area contributed by atoms with Crippen molar-refractivity contribution in [1.29, 1.82) is 0 Å². The molecule has 3 heterocycles. The van der Waals surface area contributed by atoms with Crippen molar-refractivity contribution in [3.8, 4) is 0 Å². The van der Waals surface area contributed by atoms with Crippen molar-refractivity contribution in [3.05, 3.63) is 30.3 Å². The SMILES string of the molecule is C[C@@H](C(=O)N1CCN(S(=O)(=O)c2ccccc2)CC1)N1CCN(C(=O)[C@@H]2CCCO2)CC1. The number of carbonyl (C=O) groups is 2. The molecule has 0 aliphatic carbocycles. The van der Waals surface area contributed by atoms with Crippen LogP contribution in [0.1, 0.15) is 19.8 Å². The first-order valence-corrected chi connectivity index (χ1v) is 12.8. The van der Waals surface area contributed by atoms with Gasteiger partial charge in [0.15, 0.2) is 0 Å². The molecule has 3 aliphatic rings. The number of sulfonamides is 1. The summed E-state index contributed by atoms with van der Waals surface area (Å²) in [6.07, 6.45) is 1.42. The highest BCUT2D eigenvalue weighted by molar-refractivity contribution is 7.89. The third kappa shape index (κ3) is 4.83. The van der Waals surface area contributed by atoms with Gasteiger partial charge in [0, 0.05) is 59.0 Å². The number of nitrogens with zero attached hydrogens (tertiary/aromatic N) is 4. The van der Waals surface area contributed by atoms with E-state index in [9.17, 15) is 18.0 Å². The summed E-state index contributed by atoms with van der Waals surface area (Å²) in [5.41, 5.74) is 0. The van der Waals surface area contributed by atoms with Gasteiger partial charge in [-0.15, -0.1) is 0 Å². The standard InChI is InChI=1S/C22H32N4O5S/c1-18(23-9-11-25(12-10-23)22(28)20-8-5-17-31-20)21(27)24-13-15-26(16-14-24)32(29,30)19-6-3-2-4-7-19/h2-4,6-7,18,20H,5,8-17H2,1H3/t18-,20-/m0/s1. The summed E-state index contributed by atoms with van der Waals surface area (Å²) in [6, 6.07) is 8.10. The molecule has 176 valence electrons. The zero-order valence-corrected chi connectivity index (χ0v) is 19.4. The molecule has 2 atom stereocenters. The van der Waals surface area contributed by atoms with Crippen LogP contribution in [0.25, 0.3) is 0 Å². The van der Waals surface area contributed by atoms with Gasteiger partial charge < -0.3 is 14.5 Å². The number of hydrogen-bond donors (Lipinski definition) is 0. The largest absolute Gasteiger partial charge is 0.368 e. The van der Waals surface area contributed by atoms with Crippen molar-refractivity contribution < 1.29 is 22.7 Å². The van der Waals surface area contributed by atoms with Crippen LogP contribution in [-0.4, -0.2) is 110 Å². The van der Waals surface area contributed by atoms with Crippen molar-refractivity contribution >= 4 is 21.8 Å². The van der Waals surface area contributed by atoms with E-state index in [2.05, 4.69) is 4.90 Å². The summed E-state index contributed by atoms with van der Waals surface area (Å²) < 4.78 is 32.6. The molecule has 0 spiro atoms. The first-order chi connectivity index (χ1) is 15.4. The molecule has 3 fully saturated rings. The maximum atomic E-state index is 13.1. The summed E-state index contributed by atoms with van der Waals surface area (Å²) in [7, 11) is -3.54. The zero-order chi connectivity index (χ0) is 22.7. The van der Waals surface area contributed by atoms with E-state index >= 15 is 0 Å². The van der Waals surface area contributed by atoms with Crippen LogP contribution in [0.4, 0.5) is 0 Å². The highest BCUT2D eigenvalue weighted by atomic mass is 32.2. The first kappa shape index (κ1) is 23.2. The van der Waals surface area contributed by atoms with Crippen LogP contribution in [0.5, 0.6) is 0 Å². The molecule has 10 heteroatoms. The van der Waals surface area contributed by atoms with Crippen molar-refractivity contribution in [2.24, 2.45) is 0 Å². The highest BCUT2D eigenvalue weighted by Crippen LogP contribution is 2.19. The molecule has 0 bridgehead atoms. The Hall–Kier alpha value is -2.01. The minimum absolute atomic E-state index is 0.0145. The predicted molar refractivity (Wildman–Crippen MR) is 118 cm³/mol. The lowest BCUT2D eigenvalue weighted by Crippen LogP contribution is -2.59. The molecule has 2 amide bonds. The van der Waals surface area contributed by atoms with Gasteiger partial charge in [-0.2, -0.15) is 4.31 Å². The summed E-state index contributed by atoms with van der Waals surface area (Å²) in [6.45, 7) is 6.38. The van der Waals surface area contributed by atoms with Crippen molar-refractivity contribution in [2.45, 2.75) is 36.8 Å². The van der Waals surface area contributed by atoms with E-state index < -0.39 is 10.0 Å². The third-order valence-electron chi connectivity index (χ3n) is 6.67. The molecular weight excluding hydrogens is 432 g/mol. The average Bonchev–Trinajstić information content (AvgIpc) is 3.38. The molecule has 9 nitrogen and oxygen atoms in total. The van der Waals surface area contributed by atoms with Crippen molar-refractivity contribution in [1.82, 2.24) is 19.0 Å². The third-order valence-corrected chi connectivity index (χ3v) is 8.58. The Kier molecular flexibility index (Phi) is 7.14. The van der Waals surface area contributed by atoms with Gasteiger partial charge >= 0.3 is 0 Å². The van der Waals surface area contributed by atoms with Gasteiger partial charge in [0.1, 0.15) is 6.10 Å². The Balaban J connectivity index is 1.27. The number of amides is 2. The maximum Gasteiger partial charge on any atom is 0.251 e. The monoisotopic (exact) mass is 464 g/mol. The second-order valence-electron chi connectivity index (χ2n) is 8.58. The van der Waals surface area contributed by atoms with Gasteiger partial charge in [0.2, 0.25) is 15.9 Å². The molecule has 3 saturated heterocycles. The van der Waals surface area contributed by atoms with Crippen molar-refractivity contribution in [3.63, 3.8) is 0 Å². The summed E-state index contributed by atoms with van der Waals surface area (Å²) in [4.78, 5) is 31.6. The van der Waals surface area contributed by atoms with Gasteiger partial charge in [-0.05, 0) is 31.9 Å². The number of rotatable bonds is 5. The first-order valence-electron chi connectivity index (χ1n) is 11.4. The predicted octanol–water partition coefficient (Wildman–Crippen LogP) is 0.231. The van der Waals surface area contributed by atoms with E-state index in [1.165, 1.54) is 4.31 Å². The van der Waals surface area contributed by atoms with E-state index in [0.717, 1.165) is 12.8 Å². The van der Waals surface area contributed by atoms with E-state index in [0.29, 0.717) is 59.0 Å². The minimum atomic E-state index is -3.54. The Bertz CT molecular complexity index is 904. The molecule has 1 aromatic rings. The minimum Gasteiger partial charge on any atom is -0.368 e. The summed E-state index contributed by atoms with van der Waals surface area (Å²) >= 11 is 0. The molecule has 0 radical (unpaired) electrons. The molecule has 32 heavy (non-hydrogen) atoms. The normalized spacial score (nSPS) is 24.5. The van der Waals surface area contributed by atoms with E-state index in [4.69, 9.17) is 4.74 Å². The lowest BCUT2D eigenvalue weighted by molar-refractivity contribution is -0.144. The summed E-state index contributed by atoms with van der Waals surface area (Å²) in [5, 5.41) is 0. The lowest BCUT2D eigenvalue weighted by atomic mass is 10.1. The van der Waals surface area contributed by atoms with Gasteiger partial charge in [0.05, 0.1) is 10.9 Å². The Morgan fingerprint density at radius 3 is 2.16 bits per heavy atom. The van der Waals surface area contributed by atoms with Gasteiger partial charge in [-0.3, -0.25) is 14.5 Å². The molecule has 1 aromatic carbocycles. The molecule has 0 N–H and O–H groups in total. The number of benzene rings is 1. The van der Waals surface area contributed by atoms with Gasteiger partial charge in [0.25, 0.3) is 5.91 Å². The maximum absolute atomic E-state index is 13.1. The van der Waals surface area contributed by atoms with Crippen LogP contribution in [0.3, 0.4) is 0 Å². The average molecular weight is 465 g/mol. The number of hydrogen-bond acceptors (Lipinski definition) is 6. The van der Waals surface area contributed by atoms with Crippen molar-refractivity contribution in [2.75, 3.05) is 59.0 Å². The molecule has 3 aliphatic heterocycles. The fourth-order valence-corrected chi connectivity index (χ4v) is 6.06. The number of carbonyl (C=O) groups excluding carboxylic acids is 2. The van der Waals surface area contributed by atoms with Crippen LogP contribution in [-0.2, 0) is 24.3 Å². The number of piperazine rings is 2. The smallest absolute Gasteiger partial charge is 0.251 e. The molecular formula is C22H32N4O5S. The quantitative estimate of drug-likeness (QED) is 0.620. The number of ether oxygens (including phenoxy) is 1. The fraction of sp³-hybridized carbons (Fsp3) is 0.636. The van der Waals surface area contributed by atoms with Crippen LogP contribution in [0.15, 0.2) is 35.2 Å². The van der Waals surface area contributed by atoms with Crippen LogP contribution < -0.4 is 0 Å². The van der Waals surface area contributed by atoms with Gasteiger partial charge in [-0.25, -0.2) is 8.42 Å². The molecule has 0 unspecified atom stereocenters. The van der Waals surface area contributed by atoms with E-state index in [-0.39, 0.29) is 28.9 Å². The van der Waals surface area contributed by atoms with Gasteiger partial charge in [-0.1, -0.05) is 18.2 Å². The Morgan fingerprint density at radius 1 is 0.938 bits per heavy atom. The Labute approximate surface area is 189 Å². The molecule has 4 rings (SSSR count). The van der Waals surface area contributed by atoms with Crippen LogP contribution in [0, 0.1) is 0 Å². The van der Waals surface area contributed by atoms with E-state index in [1.54, 1.807) is 35.2 Å². The molecule has 0 aromatic heterocycles. The van der Waals surface area contributed by atoms with Crippen LogP contribution >= 0.6 is 0 Å².